The van der Waals surface area contributed by atoms with Gasteiger partial charge in [-0.1, -0.05) is 30.3 Å². The fourth-order valence-corrected chi connectivity index (χ4v) is 2.62. The molecule has 0 amide bonds. The molecule has 1 aliphatic heterocycles. The Kier molecular flexibility index (Phi) is 3.62. The average Bonchev–Trinajstić information content (AvgIpc) is 2.70. The van der Waals surface area contributed by atoms with Crippen molar-refractivity contribution >= 4 is 0 Å². The maximum absolute atomic E-state index is 10.4. The summed E-state index contributed by atoms with van der Waals surface area (Å²) in [6.45, 7) is 4.12. The molecule has 0 aromatic heterocycles. The second-order valence-electron chi connectivity index (χ2n) is 5.22. The van der Waals surface area contributed by atoms with Crippen LogP contribution in [0.5, 0.6) is 0 Å². The van der Waals surface area contributed by atoms with Crippen LogP contribution in [-0.4, -0.2) is 23.8 Å². The number of hydrogen-bond acceptors (Lipinski definition) is 2. The Hall–Kier alpha value is -0.860. The van der Waals surface area contributed by atoms with Crippen molar-refractivity contribution in [1.82, 2.24) is 5.32 Å². The van der Waals surface area contributed by atoms with E-state index in [1.807, 2.05) is 25.1 Å². The quantitative estimate of drug-likeness (QED) is 0.811. The van der Waals surface area contributed by atoms with Crippen LogP contribution < -0.4 is 5.32 Å². The first kappa shape index (κ1) is 11.6. The highest BCUT2D eigenvalue weighted by Gasteiger charge is 2.27. The Morgan fingerprint density at radius 2 is 2.12 bits per heavy atom. The Labute approximate surface area is 97.7 Å². The van der Waals surface area contributed by atoms with E-state index >= 15 is 0 Å². The lowest BCUT2D eigenvalue weighted by atomic mass is 9.86. The summed E-state index contributed by atoms with van der Waals surface area (Å²) in [5, 5.41) is 13.7. The summed E-state index contributed by atoms with van der Waals surface area (Å²) in [4.78, 5) is 0. The van der Waals surface area contributed by atoms with Gasteiger partial charge in [-0.05, 0) is 44.3 Å². The molecule has 1 aromatic carbocycles. The van der Waals surface area contributed by atoms with Gasteiger partial charge in [0.1, 0.15) is 0 Å². The Morgan fingerprint density at radius 1 is 1.38 bits per heavy atom. The summed E-state index contributed by atoms with van der Waals surface area (Å²) in [7, 11) is 0. The molecule has 16 heavy (non-hydrogen) atoms. The lowest BCUT2D eigenvalue weighted by molar-refractivity contribution is 0.0366. The van der Waals surface area contributed by atoms with Crippen molar-refractivity contribution in [1.29, 1.82) is 0 Å². The zero-order valence-corrected chi connectivity index (χ0v) is 9.95. The molecule has 0 spiro atoms. The summed E-state index contributed by atoms with van der Waals surface area (Å²) in [6.07, 6.45) is 2.85. The van der Waals surface area contributed by atoms with E-state index in [2.05, 4.69) is 17.4 Å². The monoisotopic (exact) mass is 219 g/mol. The summed E-state index contributed by atoms with van der Waals surface area (Å²) in [5.74, 6) is 0.638. The molecule has 1 saturated heterocycles. The van der Waals surface area contributed by atoms with Gasteiger partial charge in [-0.15, -0.1) is 0 Å². The SMILES string of the molecule is CC(O)(Cc1ccccc1)CC1CCNC1. The fraction of sp³-hybridized carbons (Fsp3) is 0.571. The third-order valence-electron chi connectivity index (χ3n) is 3.32. The van der Waals surface area contributed by atoms with Crippen LogP contribution in [0.25, 0.3) is 0 Å². The molecule has 2 heteroatoms. The summed E-state index contributed by atoms with van der Waals surface area (Å²) < 4.78 is 0. The van der Waals surface area contributed by atoms with Gasteiger partial charge in [0.2, 0.25) is 0 Å². The molecular weight excluding hydrogens is 198 g/mol. The molecule has 0 radical (unpaired) electrons. The second kappa shape index (κ2) is 4.98. The van der Waals surface area contributed by atoms with Crippen molar-refractivity contribution < 1.29 is 5.11 Å². The number of aliphatic hydroxyl groups is 1. The van der Waals surface area contributed by atoms with E-state index in [1.54, 1.807) is 0 Å². The van der Waals surface area contributed by atoms with E-state index in [9.17, 15) is 5.11 Å². The molecule has 2 rings (SSSR count). The van der Waals surface area contributed by atoms with Crippen LogP contribution in [0.2, 0.25) is 0 Å². The van der Waals surface area contributed by atoms with E-state index < -0.39 is 5.60 Å². The van der Waals surface area contributed by atoms with Gasteiger partial charge in [-0.2, -0.15) is 0 Å². The van der Waals surface area contributed by atoms with Gasteiger partial charge in [0.25, 0.3) is 0 Å². The van der Waals surface area contributed by atoms with Crippen molar-refractivity contribution in [3.8, 4) is 0 Å². The van der Waals surface area contributed by atoms with Crippen molar-refractivity contribution in [3.63, 3.8) is 0 Å². The largest absolute Gasteiger partial charge is 0.390 e. The van der Waals surface area contributed by atoms with Crippen LogP contribution in [0, 0.1) is 5.92 Å². The second-order valence-corrected chi connectivity index (χ2v) is 5.22. The average molecular weight is 219 g/mol. The maximum Gasteiger partial charge on any atom is 0.0663 e. The Bertz CT molecular complexity index is 315. The first-order valence-corrected chi connectivity index (χ1v) is 6.13. The number of benzene rings is 1. The van der Waals surface area contributed by atoms with Crippen LogP contribution in [0.1, 0.15) is 25.3 Å². The molecule has 0 saturated carbocycles. The van der Waals surface area contributed by atoms with Crippen LogP contribution >= 0.6 is 0 Å². The van der Waals surface area contributed by atoms with Gasteiger partial charge < -0.3 is 10.4 Å². The van der Waals surface area contributed by atoms with E-state index in [0.717, 1.165) is 25.9 Å². The maximum atomic E-state index is 10.4. The molecule has 1 heterocycles. The molecule has 0 bridgehead atoms. The van der Waals surface area contributed by atoms with E-state index in [0.29, 0.717) is 5.92 Å². The lowest BCUT2D eigenvalue weighted by Gasteiger charge is -2.26. The summed E-state index contributed by atoms with van der Waals surface area (Å²) in [6, 6.07) is 10.2. The third-order valence-corrected chi connectivity index (χ3v) is 3.32. The Balaban J connectivity index is 1.91. The first-order valence-electron chi connectivity index (χ1n) is 6.13. The molecule has 88 valence electrons. The first-order chi connectivity index (χ1) is 7.66. The zero-order chi connectivity index (χ0) is 11.4. The van der Waals surface area contributed by atoms with Gasteiger partial charge in [0.05, 0.1) is 5.60 Å². The van der Waals surface area contributed by atoms with Crippen LogP contribution in [-0.2, 0) is 6.42 Å². The fourth-order valence-electron chi connectivity index (χ4n) is 2.62. The molecule has 2 nitrogen and oxygen atoms in total. The zero-order valence-electron chi connectivity index (χ0n) is 9.95. The molecule has 2 unspecified atom stereocenters. The molecule has 1 aromatic rings. The number of nitrogens with one attached hydrogen (secondary N) is 1. The highest BCUT2D eigenvalue weighted by Crippen LogP contribution is 2.24. The minimum atomic E-state index is -0.571. The van der Waals surface area contributed by atoms with E-state index in [1.165, 1.54) is 12.0 Å². The van der Waals surface area contributed by atoms with Gasteiger partial charge >= 0.3 is 0 Å². The highest BCUT2D eigenvalue weighted by molar-refractivity contribution is 5.16. The standard InChI is InChI=1S/C14H21NO/c1-14(16,10-13-7-8-15-11-13)9-12-5-3-2-4-6-12/h2-6,13,15-16H,7-11H2,1H3. The normalized spacial score (nSPS) is 24.2. The molecule has 2 atom stereocenters. The van der Waals surface area contributed by atoms with Gasteiger partial charge in [-0.3, -0.25) is 0 Å². The van der Waals surface area contributed by atoms with Gasteiger partial charge in [0, 0.05) is 6.42 Å². The van der Waals surface area contributed by atoms with Crippen LogP contribution in [0.4, 0.5) is 0 Å². The molecule has 2 N–H and O–H groups in total. The van der Waals surface area contributed by atoms with E-state index in [4.69, 9.17) is 0 Å². The topological polar surface area (TPSA) is 32.3 Å². The van der Waals surface area contributed by atoms with Crippen molar-refractivity contribution in [2.24, 2.45) is 5.92 Å². The number of hydrogen-bond donors (Lipinski definition) is 2. The molecule has 1 aliphatic rings. The Morgan fingerprint density at radius 3 is 2.75 bits per heavy atom. The minimum Gasteiger partial charge on any atom is -0.390 e. The van der Waals surface area contributed by atoms with Crippen molar-refractivity contribution in [2.45, 2.75) is 31.8 Å². The molecule has 1 fully saturated rings. The smallest absolute Gasteiger partial charge is 0.0663 e. The number of rotatable bonds is 4. The van der Waals surface area contributed by atoms with Crippen molar-refractivity contribution in [2.75, 3.05) is 13.1 Å². The summed E-state index contributed by atoms with van der Waals surface area (Å²) >= 11 is 0. The molecular formula is C14H21NO. The van der Waals surface area contributed by atoms with Crippen LogP contribution in [0.15, 0.2) is 30.3 Å². The predicted octanol–water partition coefficient (Wildman–Crippen LogP) is 1.98. The lowest BCUT2D eigenvalue weighted by Crippen LogP contribution is -2.31. The summed E-state index contributed by atoms with van der Waals surface area (Å²) in [5.41, 5.74) is 0.649. The third kappa shape index (κ3) is 3.32. The highest BCUT2D eigenvalue weighted by atomic mass is 16.3. The minimum absolute atomic E-state index is 0.571. The predicted molar refractivity (Wildman–Crippen MR) is 66.4 cm³/mol. The van der Waals surface area contributed by atoms with Crippen LogP contribution in [0.3, 0.4) is 0 Å². The van der Waals surface area contributed by atoms with Gasteiger partial charge in [0.15, 0.2) is 0 Å². The van der Waals surface area contributed by atoms with Gasteiger partial charge in [-0.25, -0.2) is 0 Å². The van der Waals surface area contributed by atoms with Crippen molar-refractivity contribution in [3.05, 3.63) is 35.9 Å². The molecule has 0 aliphatic carbocycles. The van der Waals surface area contributed by atoms with E-state index in [-0.39, 0.29) is 0 Å².